The van der Waals surface area contributed by atoms with E-state index in [4.69, 9.17) is 0 Å². The molecule has 0 radical (unpaired) electrons. The molecule has 0 aromatic carbocycles. The summed E-state index contributed by atoms with van der Waals surface area (Å²) in [4.78, 5) is 0. The molecule has 3 heteroatoms. The number of hydrogen-bond acceptors (Lipinski definition) is 0. The third-order valence-electron chi connectivity index (χ3n) is 5.43. The first-order valence-electron chi connectivity index (χ1n) is 8.02. The molecule has 0 atom stereocenters. The maximum absolute atomic E-state index is 12.6. The Kier molecular flexibility index (Phi) is 8.96. The molecule has 2 rings (SSSR count). The zero-order valence-electron chi connectivity index (χ0n) is 12.0. The van der Waals surface area contributed by atoms with Gasteiger partial charge in [0, 0.05) is 2.85 Å². The fourth-order valence-electron chi connectivity index (χ4n) is 3.87. The normalized spacial score (nSPS) is 33.7. The van der Waals surface area contributed by atoms with Gasteiger partial charge in [-0.1, -0.05) is 60.3 Å². The summed E-state index contributed by atoms with van der Waals surface area (Å²) in [5.74, 6) is 1.30. The highest BCUT2D eigenvalue weighted by Crippen LogP contribution is 2.41. The molecule has 2 fully saturated rings. The number of alkyl halides is 3. The van der Waals surface area contributed by atoms with Crippen molar-refractivity contribution in [1.82, 2.24) is 0 Å². The molecule has 0 aromatic rings. The molecule has 0 nitrogen and oxygen atoms in total. The highest BCUT2D eigenvalue weighted by molar-refractivity contribution is 4.78. The van der Waals surface area contributed by atoms with Crippen molar-refractivity contribution in [2.45, 2.75) is 92.2 Å². The average Bonchev–Trinajstić information content (AvgIpc) is 2.37. The molecule has 132 valence electrons. The number of halogens is 3. The van der Waals surface area contributed by atoms with Crippen LogP contribution in [-0.4, -0.2) is 6.18 Å². The van der Waals surface area contributed by atoms with Gasteiger partial charge in [0.25, 0.3) is 0 Å². The lowest BCUT2D eigenvalue weighted by atomic mass is 9.76. The van der Waals surface area contributed by atoms with Crippen LogP contribution in [0.4, 0.5) is 13.2 Å². The fraction of sp³-hybridized carbons (Fsp3) is 1.00. The van der Waals surface area contributed by atoms with E-state index in [1.165, 1.54) is 38.5 Å². The second-order valence-corrected chi connectivity index (χ2v) is 6.96. The molecule has 0 saturated heterocycles. The SMILES string of the molecule is C.C.CC1CCC(CCC2CCC(C(F)(F)F)CC2)CC1.[HH].[HH]. The smallest absolute Gasteiger partial charge is 0.171 e. The molecule has 0 N–H and O–H groups in total. The van der Waals surface area contributed by atoms with E-state index < -0.39 is 12.1 Å². The van der Waals surface area contributed by atoms with Crippen molar-refractivity contribution in [3.63, 3.8) is 0 Å². The zero-order valence-corrected chi connectivity index (χ0v) is 12.0. The van der Waals surface area contributed by atoms with E-state index in [1.807, 2.05) is 0 Å². The standard InChI is InChI=1S/C16H27F3.2CH4.2H2/c1-12-2-4-13(5-3-12)6-7-14-8-10-15(11-9-14)16(17,18)19;;;;/h12-15H,2-11H2,1H3;2*1H4;2*1H. The van der Waals surface area contributed by atoms with Gasteiger partial charge in [0.05, 0.1) is 5.92 Å². The minimum atomic E-state index is -3.95. The molecule has 2 aliphatic carbocycles. The second kappa shape index (κ2) is 9.05. The first-order valence-corrected chi connectivity index (χ1v) is 8.02. The van der Waals surface area contributed by atoms with Crippen molar-refractivity contribution in [2.75, 3.05) is 0 Å². The van der Waals surface area contributed by atoms with Crippen molar-refractivity contribution in [3.8, 4) is 0 Å². The van der Waals surface area contributed by atoms with E-state index in [2.05, 4.69) is 6.92 Å². The Labute approximate surface area is 132 Å². The van der Waals surface area contributed by atoms with Crippen LogP contribution in [0.3, 0.4) is 0 Å². The quantitative estimate of drug-likeness (QED) is 0.500. The molecular formula is C18H39F3. The van der Waals surface area contributed by atoms with Crippen LogP contribution >= 0.6 is 0 Å². The fourth-order valence-corrected chi connectivity index (χ4v) is 3.87. The van der Waals surface area contributed by atoms with Gasteiger partial charge in [-0.25, -0.2) is 0 Å². The van der Waals surface area contributed by atoms with Crippen LogP contribution in [0.5, 0.6) is 0 Å². The van der Waals surface area contributed by atoms with Crippen LogP contribution in [0, 0.1) is 23.7 Å². The van der Waals surface area contributed by atoms with Crippen LogP contribution in [0.25, 0.3) is 0 Å². The first kappa shape index (κ1) is 20.8. The van der Waals surface area contributed by atoms with E-state index >= 15 is 0 Å². The third kappa shape index (κ3) is 6.61. The maximum Gasteiger partial charge on any atom is 0.391 e. The van der Waals surface area contributed by atoms with Gasteiger partial charge >= 0.3 is 6.18 Å². The molecule has 2 aliphatic rings. The van der Waals surface area contributed by atoms with Crippen LogP contribution in [0.1, 0.15) is 88.8 Å². The summed E-state index contributed by atoms with van der Waals surface area (Å²) < 4.78 is 37.7. The van der Waals surface area contributed by atoms with E-state index in [0.29, 0.717) is 18.8 Å². The minimum absolute atomic E-state index is 0. The van der Waals surface area contributed by atoms with E-state index in [1.54, 1.807) is 0 Å². The van der Waals surface area contributed by atoms with E-state index in [9.17, 15) is 13.2 Å². The van der Waals surface area contributed by atoms with Crippen molar-refractivity contribution in [1.29, 1.82) is 0 Å². The lowest BCUT2D eigenvalue weighted by molar-refractivity contribution is -0.184. The average molecular weight is 313 g/mol. The topological polar surface area (TPSA) is 0 Å². The molecule has 0 spiro atoms. The maximum atomic E-state index is 12.6. The lowest BCUT2D eigenvalue weighted by Gasteiger charge is -2.32. The first-order chi connectivity index (χ1) is 8.95. The van der Waals surface area contributed by atoms with E-state index in [0.717, 1.165) is 24.7 Å². The van der Waals surface area contributed by atoms with Crippen LogP contribution in [0.2, 0.25) is 0 Å². The minimum Gasteiger partial charge on any atom is -0.171 e. The van der Waals surface area contributed by atoms with Crippen molar-refractivity contribution in [2.24, 2.45) is 23.7 Å². The molecule has 0 bridgehead atoms. The van der Waals surface area contributed by atoms with E-state index in [-0.39, 0.29) is 17.7 Å². The summed E-state index contributed by atoms with van der Waals surface area (Å²) in [7, 11) is 0. The zero-order chi connectivity index (χ0) is 13.9. The summed E-state index contributed by atoms with van der Waals surface area (Å²) >= 11 is 0. The van der Waals surface area contributed by atoms with Crippen LogP contribution in [0.15, 0.2) is 0 Å². The van der Waals surface area contributed by atoms with Gasteiger partial charge in [-0.3, -0.25) is 0 Å². The molecule has 0 heterocycles. The van der Waals surface area contributed by atoms with Crippen molar-refractivity contribution < 1.29 is 16.0 Å². The predicted molar refractivity (Wildman–Crippen MR) is 89.5 cm³/mol. The molecule has 21 heavy (non-hydrogen) atoms. The molecule has 0 aliphatic heterocycles. The molecule has 0 unspecified atom stereocenters. The Balaban J connectivity index is -0.000001000. The highest BCUT2D eigenvalue weighted by atomic mass is 19.4. The Morgan fingerprint density at radius 1 is 0.762 bits per heavy atom. The number of rotatable bonds is 3. The Bertz CT molecular complexity index is 266. The summed E-state index contributed by atoms with van der Waals surface area (Å²) in [6, 6.07) is 0. The van der Waals surface area contributed by atoms with Crippen molar-refractivity contribution >= 4 is 0 Å². The molecule has 0 aromatic heterocycles. The largest absolute Gasteiger partial charge is 0.391 e. The lowest BCUT2D eigenvalue weighted by Crippen LogP contribution is -2.28. The Morgan fingerprint density at radius 2 is 1.14 bits per heavy atom. The third-order valence-corrected chi connectivity index (χ3v) is 5.43. The van der Waals surface area contributed by atoms with Gasteiger partial charge in [0.2, 0.25) is 0 Å². The highest BCUT2D eigenvalue weighted by Gasteiger charge is 2.41. The van der Waals surface area contributed by atoms with Gasteiger partial charge in [0.15, 0.2) is 0 Å². The number of hydrogen-bond donors (Lipinski definition) is 0. The molecular weight excluding hydrogens is 273 g/mol. The van der Waals surface area contributed by atoms with Crippen LogP contribution < -0.4 is 0 Å². The van der Waals surface area contributed by atoms with Gasteiger partial charge < -0.3 is 0 Å². The molecule has 2 saturated carbocycles. The Hall–Kier alpha value is -0.210. The summed E-state index contributed by atoms with van der Waals surface area (Å²) in [6.45, 7) is 2.33. The van der Waals surface area contributed by atoms with Crippen molar-refractivity contribution in [3.05, 3.63) is 0 Å². The van der Waals surface area contributed by atoms with Crippen LogP contribution in [-0.2, 0) is 0 Å². The van der Waals surface area contributed by atoms with Gasteiger partial charge in [-0.05, 0) is 43.4 Å². The molecule has 0 amide bonds. The second-order valence-electron chi connectivity index (χ2n) is 6.96. The van der Waals surface area contributed by atoms with Gasteiger partial charge in [0.1, 0.15) is 0 Å². The predicted octanol–water partition coefficient (Wildman–Crippen LogP) is 7.73. The van der Waals surface area contributed by atoms with Gasteiger partial charge in [-0.2, -0.15) is 13.2 Å². The summed E-state index contributed by atoms with van der Waals surface area (Å²) in [6.07, 6.45) is 6.21. The summed E-state index contributed by atoms with van der Waals surface area (Å²) in [5, 5.41) is 0. The Morgan fingerprint density at radius 3 is 1.52 bits per heavy atom. The monoisotopic (exact) mass is 312 g/mol. The van der Waals surface area contributed by atoms with Gasteiger partial charge in [-0.15, -0.1) is 0 Å². The summed E-state index contributed by atoms with van der Waals surface area (Å²) in [5.41, 5.74) is 0.